The molecule has 2 atom stereocenters. The predicted octanol–water partition coefficient (Wildman–Crippen LogP) is 3.96. The number of aromatic nitrogens is 2. The quantitative estimate of drug-likeness (QED) is 0.842. The first-order valence-corrected chi connectivity index (χ1v) is 9.38. The SMILES string of the molecule is O=c1cc(CCCC2CC2C2CCCC2)c2c(=O)[nH]c(C(F)F)nc2o1. The summed E-state index contributed by atoms with van der Waals surface area (Å²) in [5, 5.41) is 0.108. The molecule has 2 unspecified atom stereocenters. The Morgan fingerprint density at radius 3 is 2.77 bits per heavy atom. The van der Waals surface area contributed by atoms with E-state index in [0.717, 1.165) is 30.6 Å². The van der Waals surface area contributed by atoms with Crippen molar-refractivity contribution >= 4 is 11.1 Å². The molecule has 2 saturated carbocycles. The lowest BCUT2D eigenvalue weighted by molar-refractivity contribution is 0.140. The molecular formula is C19H22F2N2O3. The van der Waals surface area contributed by atoms with Crippen LogP contribution in [-0.2, 0) is 6.42 Å². The van der Waals surface area contributed by atoms with E-state index in [1.165, 1.54) is 38.2 Å². The summed E-state index contributed by atoms with van der Waals surface area (Å²) in [6.45, 7) is 0. The molecule has 0 radical (unpaired) electrons. The standard InChI is InChI=1S/C19H22F2N2O3/c20-16(21)17-22-18(25)15-12(9-14(24)26-19(15)23-17)7-3-6-11-8-13(11)10-4-1-2-5-10/h9-11,13,16H,1-8H2,(H,22,23,25). The lowest BCUT2D eigenvalue weighted by Crippen LogP contribution is -2.16. The summed E-state index contributed by atoms with van der Waals surface area (Å²) in [7, 11) is 0. The number of hydrogen-bond donors (Lipinski definition) is 1. The number of nitrogens with one attached hydrogen (secondary N) is 1. The van der Waals surface area contributed by atoms with Crippen LogP contribution in [0.25, 0.3) is 11.1 Å². The van der Waals surface area contributed by atoms with Crippen LogP contribution in [0.5, 0.6) is 0 Å². The van der Waals surface area contributed by atoms with Crippen LogP contribution in [0.2, 0.25) is 0 Å². The zero-order valence-corrected chi connectivity index (χ0v) is 14.5. The van der Waals surface area contributed by atoms with Crippen LogP contribution in [0.1, 0.15) is 62.8 Å². The van der Waals surface area contributed by atoms with Gasteiger partial charge in [-0.25, -0.2) is 13.6 Å². The van der Waals surface area contributed by atoms with E-state index in [9.17, 15) is 18.4 Å². The molecule has 0 spiro atoms. The van der Waals surface area contributed by atoms with E-state index in [2.05, 4.69) is 9.97 Å². The third-order valence-corrected chi connectivity index (χ3v) is 5.93. The van der Waals surface area contributed by atoms with Gasteiger partial charge in [-0.1, -0.05) is 25.7 Å². The summed E-state index contributed by atoms with van der Waals surface area (Å²) in [4.78, 5) is 29.6. The largest absolute Gasteiger partial charge is 0.403 e. The van der Waals surface area contributed by atoms with Crippen molar-refractivity contribution in [1.82, 2.24) is 9.97 Å². The Morgan fingerprint density at radius 1 is 1.27 bits per heavy atom. The molecule has 0 aliphatic heterocycles. The first kappa shape index (κ1) is 17.4. The van der Waals surface area contributed by atoms with Crippen molar-refractivity contribution in [2.75, 3.05) is 0 Å². The number of nitrogens with zero attached hydrogens (tertiary/aromatic N) is 1. The summed E-state index contributed by atoms with van der Waals surface area (Å²) in [6, 6.07) is 1.28. The highest BCUT2D eigenvalue weighted by atomic mass is 19.3. The monoisotopic (exact) mass is 364 g/mol. The number of aryl methyl sites for hydroxylation is 1. The second kappa shape index (κ2) is 6.93. The van der Waals surface area contributed by atoms with Crippen LogP contribution in [-0.4, -0.2) is 9.97 Å². The zero-order chi connectivity index (χ0) is 18.3. The molecule has 2 aromatic heterocycles. The fraction of sp³-hybridized carbons (Fsp3) is 0.632. The van der Waals surface area contributed by atoms with E-state index in [0.29, 0.717) is 12.0 Å². The van der Waals surface area contributed by atoms with Crippen LogP contribution in [0.4, 0.5) is 8.78 Å². The van der Waals surface area contributed by atoms with Gasteiger partial charge in [0.05, 0.1) is 0 Å². The molecule has 2 heterocycles. The van der Waals surface area contributed by atoms with E-state index in [1.807, 2.05) is 0 Å². The molecular weight excluding hydrogens is 342 g/mol. The Labute approximate surface area is 148 Å². The fourth-order valence-electron chi connectivity index (χ4n) is 4.59. The predicted molar refractivity (Wildman–Crippen MR) is 92.3 cm³/mol. The third-order valence-electron chi connectivity index (χ3n) is 5.93. The summed E-state index contributed by atoms with van der Waals surface area (Å²) in [5.41, 5.74) is -1.12. The molecule has 7 heteroatoms. The van der Waals surface area contributed by atoms with Crippen molar-refractivity contribution in [3.63, 3.8) is 0 Å². The van der Waals surface area contributed by atoms with Gasteiger partial charge in [0.2, 0.25) is 5.71 Å². The minimum atomic E-state index is -2.93. The van der Waals surface area contributed by atoms with Gasteiger partial charge in [0.25, 0.3) is 12.0 Å². The average Bonchev–Trinajstić information content (AvgIpc) is 3.14. The average molecular weight is 364 g/mol. The Hall–Kier alpha value is -2.05. The molecule has 5 nitrogen and oxygen atoms in total. The van der Waals surface area contributed by atoms with Gasteiger partial charge in [-0.05, 0) is 49.0 Å². The van der Waals surface area contributed by atoms with Crippen molar-refractivity contribution in [3.8, 4) is 0 Å². The number of aromatic amines is 1. The minimum absolute atomic E-state index is 0.108. The first-order chi connectivity index (χ1) is 12.5. The molecule has 0 amide bonds. The van der Waals surface area contributed by atoms with Crippen LogP contribution >= 0.6 is 0 Å². The summed E-state index contributed by atoms with van der Waals surface area (Å²) in [6.07, 6.45) is 6.29. The molecule has 0 saturated heterocycles. The van der Waals surface area contributed by atoms with Gasteiger partial charge in [-0.15, -0.1) is 0 Å². The van der Waals surface area contributed by atoms with Crippen molar-refractivity contribution in [2.24, 2.45) is 17.8 Å². The lowest BCUT2D eigenvalue weighted by atomic mass is 9.98. The van der Waals surface area contributed by atoms with E-state index in [-0.39, 0.29) is 11.1 Å². The van der Waals surface area contributed by atoms with E-state index < -0.39 is 23.4 Å². The molecule has 2 aromatic rings. The van der Waals surface area contributed by atoms with Crippen LogP contribution in [0.3, 0.4) is 0 Å². The number of halogens is 2. The Balaban J connectivity index is 1.48. The molecule has 26 heavy (non-hydrogen) atoms. The van der Waals surface area contributed by atoms with Gasteiger partial charge >= 0.3 is 5.63 Å². The molecule has 0 bridgehead atoms. The van der Waals surface area contributed by atoms with Crippen molar-refractivity contribution in [2.45, 2.75) is 57.8 Å². The normalized spacial score (nSPS) is 23.2. The molecule has 0 aromatic carbocycles. The van der Waals surface area contributed by atoms with Gasteiger partial charge in [-0.2, -0.15) is 4.98 Å². The van der Waals surface area contributed by atoms with Gasteiger partial charge in [-0.3, -0.25) is 4.79 Å². The highest BCUT2D eigenvalue weighted by Gasteiger charge is 2.42. The topological polar surface area (TPSA) is 76.0 Å². The number of fused-ring (bicyclic) bond motifs is 1. The van der Waals surface area contributed by atoms with E-state index in [1.54, 1.807) is 0 Å². The van der Waals surface area contributed by atoms with E-state index >= 15 is 0 Å². The second-order valence-electron chi connectivity index (χ2n) is 7.62. The van der Waals surface area contributed by atoms with Gasteiger partial charge in [0.15, 0.2) is 5.82 Å². The summed E-state index contributed by atoms with van der Waals surface area (Å²) < 4.78 is 30.5. The fourth-order valence-corrected chi connectivity index (χ4v) is 4.59. The number of alkyl halides is 2. The maximum Gasteiger partial charge on any atom is 0.337 e. The molecule has 140 valence electrons. The Morgan fingerprint density at radius 2 is 2.04 bits per heavy atom. The number of rotatable bonds is 6. The lowest BCUT2D eigenvalue weighted by Gasteiger charge is -2.08. The first-order valence-electron chi connectivity index (χ1n) is 9.38. The Bertz CT molecular complexity index is 915. The van der Waals surface area contributed by atoms with Crippen LogP contribution < -0.4 is 11.2 Å². The Kier molecular flexibility index (Phi) is 4.63. The van der Waals surface area contributed by atoms with Crippen LogP contribution in [0, 0.1) is 17.8 Å². The van der Waals surface area contributed by atoms with Crippen molar-refractivity contribution < 1.29 is 13.2 Å². The molecule has 2 fully saturated rings. The highest BCUT2D eigenvalue weighted by molar-refractivity contribution is 5.75. The summed E-state index contributed by atoms with van der Waals surface area (Å²) in [5.74, 6) is 1.73. The van der Waals surface area contributed by atoms with Gasteiger partial charge < -0.3 is 9.40 Å². The molecule has 2 aliphatic rings. The number of hydrogen-bond acceptors (Lipinski definition) is 4. The number of H-pyrrole nitrogens is 1. The second-order valence-corrected chi connectivity index (χ2v) is 7.62. The molecule has 4 rings (SSSR count). The molecule has 2 aliphatic carbocycles. The maximum atomic E-state index is 12.8. The van der Waals surface area contributed by atoms with Gasteiger partial charge in [0, 0.05) is 6.07 Å². The smallest absolute Gasteiger partial charge is 0.337 e. The van der Waals surface area contributed by atoms with Crippen molar-refractivity contribution in [3.05, 3.63) is 38.2 Å². The van der Waals surface area contributed by atoms with Crippen LogP contribution in [0.15, 0.2) is 20.1 Å². The van der Waals surface area contributed by atoms with E-state index in [4.69, 9.17) is 4.42 Å². The maximum absolute atomic E-state index is 12.8. The van der Waals surface area contributed by atoms with Gasteiger partial charge in [0.1, 0.15) is 5.39 Å². The van der Waals surface area contributed by atoms with Crippen molar-refractivity contribution in [1.29, 1.82) is 0 Å². The third kappa shape index (κ3) is 3.44. The highest BCUT2D eigenvalue weighted by Crippen LogP contribution is 2.52. The summed E-state index contributed by atoms with van der Waals surface area (Å²) >= 11 is 0. The molecule has 1 N–H and O–H groups in total. The minimum Gasteiger partial charge on any atom is -0.403 e. The zero-order valence-electron chi connectivity index (χ0n) is 14.5.